The van der Waals surface area contributed by atoms with E-state index in [9.17, 15) is 4.79 Å². The zero-order valence-electron chi connectivity index (χ0n) is 12.3. The molecule has 1 aliphatic carbocycles. The Kier molecular flexibility index (Phi) is 3.27. The van der Waals surface area contributed by atoms with Gasteiger partial charge >= 0.3 is 0 Å². The number of nitrogens with zero attached hydrogens (tertiary/aromatic N) is 3. The third-order valence-electron chi connectivity index (χ3n) is 4.50. The molecule has 1 aromatic rings. The topological polar surface area (TPSA) is 59.3 Å². The monoisotopic (exact) mass is 316 g/mol. The molecule has 1 N–H and O–H groups in total. The van der Waals surface area contributed by atoms with Crippen LogP contribution in [0.1, 0.15) is 43.1 Å². The number of hydrogen-bond acceptors (Lipinski definition) is 4. The number of nitrogens with one attached hydrogen (secondary N) is 1. The van der Waals surface area contributed by atoms with Crippen LogP contribution >= 0.6 is 11.6 Å². The molecule has 22 heavy (non-hydrogen) atoms. The van der Waals surface area contributed by atoms with E-state index in [0.717, 1.165) is 42.9 Å². The maximum Gasteiger partial charge on any atom is 0.273 e. The molecular weight excluding hydrogens is 300 g/mol. The predicted octanol–water partition coefficient (Wildman–Crippen LogP) is 2.09. The summed E-state index contributed by atoms with van der Waals surface area (Å²) in [5.74, 6) is 0.800. The van der Waals surface area contributed by atoms with Crippen molar-refractivity contribution < 1.29 is 0 Å². The van der Waals surface area contributed by atoms with E-state index >= 15 is 0 Å². The molecule has 0 amide bonds. The van der Waals surface area contributed by atoms with Crippen molar-refractivity contribution in [1.82, 2.24) is 15.0 Å². The molecule has 0 spiro atoms. The normalized spacial score (nSPS) is 24.3. The molecule has 0 radical (unpaired) electrons. The number of hydrogen-bond donors (Lipinski definition) is 1. The van der Waals surface area contributed by atoms with Crippen LogP contribution < -0.4 is 10.9 Å². The smallest absolute Gasteiger partial charge is 0.273 e. The SMILES string of the molecule is CC1=CC2=Nn3c(C4CCNCC4)cc(=O)nc3C2C(Cl)=C1. The van der Waals surface area contributed by atoms with Crippen molar-refractivity contribution in [3.05, 3.63) is 50.7 Å². The lowest BCUT2D eigenvalue weighted by Gasteiger charge is -2.24. The van der Waals surface area contributed by atoms with Gasteiger partial charge in [-0.3, -0.25) is 4.79 Å². The van der Waals surface area contributed by atoms with Crippen LogP contribution in [0.15, 0.2) is 38.7 Å². The highest BCUT2D eigenvalue weighted by Crippen LogP contribution is 2.38. The minimum Gasteiger partial charge on any atom is -0.317 e. The van der Waals surface area contributed by atoms with Crippen LogP contribution in [0.5, 0.6) is 0 Å². The van der Waals surface area contributed by atoms with Gasteiger partial charge in [0.15, 0.2) is 0 Å². The maximum atomic E-state index is 12.1. The second kappa shape index (κ2) is 5.18. The molecule has 0 bridgehead atoms. The molecule has 2 aliphatic heterocycles. The lowest BCUT2D eigenvalue weighted by molar-refractivity contribution is 0.439. The van der Waals surface area contributed by atoms with Crippen molar-refractivity contribution in [3.63, 3.8) is 0 Å². The molecule has 114 valence electrons. The highest BCUT2D eigenvalue weighted by atomic mass is 35.5. The number of piperidine rings is 1. The van der Waals surface area contributed by atoms with Gasteiger partial charge in [0.05, 0.1) is 17.3 Å². The molecule has 5 nitrogen and oxygen atoms in total. The van der Waals surface area contributed by atoms with Gasteiger partial charge < -0.3 is 5.32 Å². The Bertz CT molecular complexity index is 784. The van der Waals surface area contributed by atoms with Gasteiger partial charge in [0, 0.05) is 17.0 Å². The molecule has 1 fully saturated rings. The Labute approximate surface area is 133 Å². The minimum absolute atomic E-state index is 0.195. The van der Waals surface area contributed by atoms with Crippen LogP contribution in [0.4, 0.5) is 0 Å². The Morgan fingerprint density at radius 3 is 2.86 bits per heavy atom. The summed E-state index contributed by atoms with van der Waals surface area (Å²) in [7, 11) is 0. The fourth-order valence-electron chi connectivity index (χ4n) is 3.47. The first-order valence-corrected chi connectivity index (χ1v) is 8.00. The fraction of sp³-hybridized carbons (Fsp3) is 0.438. The minimum atomic E-state index is -0.202. The molecule has 1 atom stereocenters. The summed E-state index contributed by atoms with van der Waals surface area (Å²) in [5.41, 5.74) is 2.71. The van der Waals surface area contributed by atoms with Gasteiger partial charge in [0.1, 0.15) is 5.82 Å². The van der Waals surface area contributed by atoms with Crippen molar-refractivity contribution in [2.45, 2.75) is 31.6 Å². The van der Waals surface area contributed by atoms with Gasteiger partial charge in [-0.2, -0.15) is 10.1 Å². The lowest BCUT2D eigenvalue weighted by atomic mass is 9.93. The van der Waals surface area contributed by atoms with Crippen molar-refractivity contribution in [1.29, 1.82) is 0 Å². The van der Waals surface area contributed by atoms with Crippen LogP contribution in [-0.4, -0.2) is 28.5 Å². The Morgan fingerprint density at radius 2 is 2.09 bits per heavy atom. The molecule has 1 saturated heterocycles. The average Bonchev–Trinajstić information content (AvgIpc) is 2.85. The standard InChI is InChI=1S/C16H17ClN4O/c1-9-6-11(17)15-12(7-9)20-21-13(8-14(22)19-16(15)21)10-2-4-18-5-3-10/h6-8,10,15,18H,2-5H2,1H3. The first-order chi connectivity index (χ1) is 10.6. The zero-order chi connectivity index (χ0) is 15.3. The summed E-state index contributed by atoms with van der Waals surface area (Å²) in [5, 5.41) is 8.73. The van der Waals surface area contributed by atoms with Gasteiger partial charge in [-0.25, -0.2) is 4.68 Å². The van der Waals surface area contributed by atoms with Crippen LogP contribution in [0.3, 0.4) is 0 Å². The van der Waals surface area contributed by atoms with Crippen LogP contribution in [0.25, 0.3) is 0 Å². The number of halogens is 1. The summed E-state index contributed by atoms with van der Waals surface area (Å²) >= 11 is 6.40. The van der Waals surface area contributed by atoms with E-state index < -0.39 is 0 Å². The van der Waals surface area contributed by atoms with Crippen LogP contribution in [-0.2, 0) is 0 Å². The predicted molar refractivity (Wildman–Crippen MR) is 86.6 cm³/mol. The second-order valence-electron chi connectivity index (χ2n) is 6.09. The summed E-state index contributed by atoms with van der Waals surface area (Å²) in [6.07, 6.45) is 5.96. The Balaban J connectivity index is 1.87. The molecule has 1 aromatic heterocycles. The number of rotatable bonds is 1. The van der Waals surface area contributed by atoms with Gasteiger partial charge in [-0.15, -0.1) is 0 Å². The highest BCUT2D eigenvalue weighted by Gasteiger charge is 2.35. The van der Waals surface area contributed by atoms with Gasteiger partial charge in [-0.1, -0.05) is 11.6 Å². The van der Waals surface area contributed by atoms with E-state index in [1.165, 1.54) is 0 Å². The van der Waals surface area contributed by atoms with Gasteiger partial charge in [0.2, 0.25) is 0 Å². The number of fused-ring (bicyclic) bond motifs is 3. The lowest BCUT2D eigenvalue weighted by Crippen LogP contribution is -2.29. The van der Waals surface area contributed by atoms with Gasteiger partial charge in [0.25, 0.3) is 5.56 Å². The first kappa shape index (κ1) is 13.9. The van der Waals surface area contributed by atoms with Crippen molar-refractivity contribution in [2.75, 3.05) is 13.1 Å². The largest absolute Gasteiger partial charge is 0.317 e. The van der Waals surface area contributed by atoms with Crippen molar-refractivity contribution in [3.8, 4) is 0 Å². The van der Waals surface area contributed by atoms with E-state index in [-0.39, 0.29) is 11.5 Å². The van der Waals surface area contributed by atoms with E-state index in [4.69, 9.17) is 16.7 Å². The van der Waals surface area contributed by atoms with Crippen molar-refractivity contribution >= 4 is 17.3 Å². The zero-order valence-corrected chi connectivity index (χ0v) is 13.1. The van der Waals surface area contributed by atoms with E-state index in [1.54, 1.807) is 6.07 Å². The third-order valence-corrected chi connectivity index (χ3v) is 4.83. The molecule has 0 saturated carbocycles. The third kappa shape index (κ3) is 2.16. The van der Waals surface area contributed by atoms with Gasteiger partial charge in [-0.05, 0) is 50.6 Å². The summed E-state index contributed by atoms with van der Waals surface area (Å²) < 4.78 is 1.85. The molecule has 6 heteroatoms. The molecule has 0 aromatic carbocycles. The Hall–Kier alpha value is -1.72. The average molecular weight is 317 g/mol. The molecular formula is C16H17ClN4O. The maximum absolute atomic E-state index is 12.1. The number of allylic oxidation sites excluding steroid dienone is 4. The fourth-order valence-corrected chi connectivity index (χ4v) is 3.86. The van der Waals surface area contributed by atoms with Crippen molar-refractivity contribution in [2.24, 2.45) is 5.10 Å². The summed E-state index contributed by atoms with van der Waals surface area (Å²) in [6.45, 7) is 3.93. The molecule has 4 rings (SSSR count). The first-order valence-electron chi connectivity index (χ1n) is 7.62. The van der Waals surface area contributed by atoms with E-state index in [2.05, 4.69) is 10.3 Å². The van der Waals surface area contributed by atoms with Crippen LogP contribution in [0, 0.1) is 0 Å². The summed E-state index contributed by atoms with van der Waals surface area (Å²) in [6, 6.07) is 1.63. The van der Waals surface area contributed by atoms with E-state index in [0.29, 0.717) is 16.8 Å². The van der Waals surface area contributed by atoms with E-state index in [1.807, 2.05) is 23.8 Å². The van der Waals surface area contributed by atoms with Crippen LogP contribution in [0.2, 0.25) is 0 Å². The highest BCUT2D eigenvalue weighted by molar-refractivity contribution is 6.34. The number of aromatic nitrogens is 2. The quantitative estimate of drug-likeness (QED) is 0.863. The molecule has 3 heterocycles. The summed E-state index contributed by atoms with van der Waals surface area (Å²) in [4.78, 5) is 16.3. The molecule has 1 unspecified atom stereocenters. The molecule has 3 aliphatic rings. The Morgan fingerprint density at radius 1 is 1.32 bits per heavy atom. The second-order valence-corrected chi connectivity index (χ2v) is 6.53.